The molecule has 0 fully saturated rings. The van der Waals surface area contributed by atoms with Gasteiger partial charge in [0.1, 0.15) is 17.0 Å². The van der Waals surface area contributed by atoms with Gasteiger partial charge in [0.25, 0.3) is 5.56 Å². The third-order valence-corrected chi connectivity index (χ3v) is 9.69. The molecule has 2 unspecified atom stereocenters. The number of fused-ring (bicyclic) bond motifs is 1. The van der Waals surface area contributed by atoms with E-state index in [0.717, 1.165) is 28.2 Å². The first-order chi connectivity index (χ1) is 19.1. The monoisotopic (exact) mass is 638 g/mol. The van der Waals surface area contributed by atoms with Crippen LogP contribution in [-0.4, -0.2) is 22.3 Å². The van der Waals surface area contributed by atoms with Crippen LogP contribution in [0.25, 0.3) is 12.2 Å². The summed E-state index contributed by atoms with van der Waals surface area (Å²) in [5.41, 5.74) is 2.69. The number of aryl methyl sites for hydroxylation is 1. The van der Waals surface area contributed by atoms with E-state index < -0.39 is 11.4 Å². The highest BCUT2D eigenvalue weighted by molar-refractivity contribution is 9.10. The summed E-state index contributed by atoms with van der Waals surface area (Å²) in [4.78, 5) is 42.4. The van der Waals surface area contributed by atoms with E-state index in [1.165, 1.54) is 28.9 Å². The molecule has 1 aliphatic heterocycles. The van der Waals surface area contributed by atoms with Crippen molar-refractivity contribution >= 4 is 68.4 Å². The van der Waals surface area contributed by atoms with Crippen LogP contribution in [0, 0.1) is 12.7 Å². The summed E-state index contributed by atoms with van der Waals surface area (Å²) in [6.07, 6.45) is 2.73. The molecule has 0 saturated heterocycles. The molecule has 1 amide bonds. The minimum absolute atomic E-state index is 0.0422. The van der Waals surface area contributed by atoms with Crippen molar-refractivity contribution in [3.63, 3.8) is 0 Å². The van der Waals surface area contributed by atoms with Gasteiger partial charge < -0.3 is 4.90 Å². The van der Waals surface area contributed by atoms with E-state index in [9.17, 15) is 18.8 Å². The number of carbonyl (C=O) groups is 2. The van der Waals surface area contributed by atoms with Crippen molar-refractivity contribution in [2.75, 3.05) is 4.90 Å². The quantitative estimate of drug-likeness (QED) is 0.205. The van der Waals surface area contributed by atoms with Crippen molar-refractivity contribution in [1.82, 2.24) is 4.57 Å². The van der Waals surface area contributed by atoms with Crippen molar-refractivity contribution < 1.29 is 14.0 Å². The van der Waals surface area contributed by atoms with E-state index in [1.54, 1.807) is 17.0 Å². The van der Waals surface area contributed by atoms with Crippen LogP contribution < -0.4 is 19.7 Å². The Hall–Kier alpha value is -3.33. The Kier molecular flexibility index (Phi) is 7.95. The van der Waals surface area contributed by atoms with Crippen LogP contribution in [0.2, 0.25) is 5.02 Å². The van der Waals surface area contributed by atoms with Crippen LogP contribution >= 0.6 is 38.9 Å². The molecular weight excluding hydrogens is 615 g/mol. The summed E-state index contributed by atoms with van der Waals surface area (Å²) in [5.74, 6) is -1.05. The number of halogens is 3. The molecule has 3 aromatic carbocycles. The van der Waals surface area contributed by atoms with Crippen LogP contribution in [0.5, 0.6) is 0 Å². The highest BCUT2D eigenvalue weighted by atomic mass is 79.9. The second kappa shape index (κ2) is 11.3. The maximum Gasteiger partial charge on any atom is 0.269 e. The highest BCUT2D eigenvalue weighted by Crippen LogP contribution is 2.40. The fourth-order valence-electron chi connectivity index (χ4n) is 5.01. The lowest BCUT2D eigenvalue weighted by Crippen LogP contribution is -2.43. The third-order valence-electron chi connectivity index (χ3n) is 7.34. The summed E-state index contributed by atoms with van der Waals surface area (Å²) >= 11 is 10.6. The topological polar surface area (TPSA) is 59.4 Å². The molecule has 2 atom stereocenters. The van der Waals surface area contributed by atoms with E-state index in [0.29, 0.717) is 10.0 Å². The summed E-state index contributed by atoms with van der Waals surface area (Å²) < 4.78 is 16.9. The first-order valence-corrected chi connectivity index (χ1v) is 14.6. The van der Waals surface area contributed by atoms with Gasteiger partial charge in [0.2, 0.25) is 5.91 Å². The van der Waals surface area contributed by atoms with Gasteiger partial charge in [0.05, 0.1) is 9.55 Å². The molecule has 0 N–H and O–H groups in total. The maximum atomic E-state index is 14.7. The lowest BCUT2D eigenvalue weighted by atomic mass is 9.98. The first-order valence-electron chi connectivity index (χ1n) is 12.7. The van der Waals surface area contributed by atoms with Crippen molar-refractivity contribution in [2.24, 2.45) is 0 Å². The number of nitrogens with zero attached hydrogens (tertiary/aromatic N) is 2. The Labute approximate surface area is 248 Å². The molecule has 5 rings (SSSR count). The van der Waals surface area contributed by atoms with Gasteiger partial charge in [-0.1, -0.05) is 61.0 Å². The second-order valence-electron chi connectivity index (χ2n) is 9.77. The van der Waals surface area contributed by atoms with Gasteiger partial charge in [-0.25, -0.2) is 4.39 Å². The maximum absolute atomic E-state index is 14.7. The Bertz CT molecular complexity index is 1850. The SMILES string of the molecule is Cc1ccccc1C(=O)/C=c1\s/c(=C\c2c(F)ccc(Br)c2Cl)c(=O)n1CC(=O)N1c2ccccc2C(C)C1C. The summed E-state index contributed by atoms with van der Waals surface area (Å²) in [5, 5.41) is 0.119. The molecule has 9 heteroatoms. The third kappa shape index (κ3) is 5.11. The molecule has 1 aromatic heterocycles. The highest BCUT2D eigenvalue weighted by Gasteiger charge is 2.36. The van der Waals surface area contributed by atoms with Crippen LogP contribution in [0.1, 0.15) is 46.8 Å². The van der Waals surface area contributed by atoms with E-state index in [4.69, 9.17) is 11.6 Å². The number of anilines is 1. The summed E-state index contributed by atoms with van der Waals surface area (Å²) in [6, 6.07) is 17.5. The van der Waals surface area contributed by atoms with Crippen molar-refractivity contribution in [2.45, 2.75) is 39.3 Å². The van der Waals surface area contributed by atoms with E-state index in [-0.39, 0.29) is 50.0 Å². The zero-order valence-electron chi connectivity index (χ0n) is 22.0. The summed E-state index contributed by atoms with van der Waals surface area (Å²) in [6.45, 7) is 5.59. The molecule has 0 spiro atoms. The van der Waals surface area contributed by atoms with Crippen molar-refractivity contribution in [3.05, 3.63) is 118 Å². The smallest absolute Gasteiger partial charge is 0.269 e. The number of benzene rings is 3. The molecular formula is C31H25BrClFN2O3S. The molecule has 0 bridgehead atoms. The number of Topliss-reactive ketones (excluding diaryl/α,β-unsaturated/α-hetero) is 1. The Balaban J connectivity index is 1.65. The number of aromatic nitrogens is 1. The minimum Gasteiger partial charge on any atom is -0.307 e. The predicted molar refractivity (Wildman–Crippen MR) is 162 cm³/mol. The molecule has 40 heavy (non-hydrogen) atoms. The zero-order valence-corrected chi connectivity index (χ0v) is 25.1. The molecule has 4 aromatic rings. The van der Waals surface area contributed by atoms with Gasteiger partial charge in [0, 0.05) is 39.3 Å². The average molecular weight is 640 g/mol. The van der Waals surface area contributed by atoms with Gasteiger partial charge in [-0.15, -0.1) is 11.3 Å². The number of ketones is 1. The molecule has 1 aliphatic rings. The normalized spacial score (nSPS) is 17.4. The number of para-hydroxylation sites is 1. The number of amides is 1. The van der Waals surface area contributed by atoms with E-state index >= 15 is 0 Å². The van der Waals surface area contributed by atoms with E-state index in [1.807, 2.05) is 50.2 Å². The second-order valence-corrected chi connectivity index (χ2v) is 12.1. The Morgan fingerprint density at radius 1 is 1.07 bits per heavy atom. The molecule has 204 valence electrons. The largest absolute Gasteiger partial charge is 0.307 e. The molecule has 0 saturated carbocycles. The Morgan fingerprint density at radius 2 is 1.77 bits per heavy atom. The molecule has 5 nitrogen and oxygen atoms in total. The minimum atomic E-state index is -0.596. The number of hydrogen-bond donors (Lipinski definition) is 0. The van der Waals surface area contributed by atoms with E-state index in [2.05, 4.69) is 22.9 Å². The fraction of sp³-hybridized carbons (Fsp3) is 0.194. The van der Waals surface area contributed by atoms with Crippen LogP contribution in [0.15, 0.2) is 69.9 Å². The fourth-order valence-corrected chi connectivity index (χ4v) is 6.58. The lowest BCUT2D eigenvalue weighted by molar-refractivity contribution is -0.119. The van der Waals surface area contributed by atoms with Gasteiger partial charge >= 0.3 is 0 Å². The average Bonchev–Trinajstić information content (AvgIpc) is 3.36. The lowest BCUT2D eigenvalue weighted by Gasteiger charge is -2.24. The summed E-state index contributed by atoms with van der Waals surface area (Å²) in [7, 11) is 0. The standard InChI is InChI=1S/C31H25BrClFN2O3S/c1-17-8-4-5-9-20(17)26(37)15-29-35(16-28(38)36-19(3)18(2)21-10-6-7-11-25(21)36)31(39)27(40-29)14-22-24(34)13-12-23(32)30(22)33/h4-15,18-19H,16H2,1-3H3/b27-14-,29-15-. The molecule has 0 aliphatic carbocycles. The zero-order chi connectivity index (χ0) is 28.7. The van der Waals surface area contributed by atoms with Crippen molar-refractivity contribution in [3.8, 4) is 0 Å². The number of thiazole rings is 1. The van der Waals surface area contributed by atoms with Gasteiger partial charge in [-0.2, -0.15) is 0 Å². The van der Waals surface area contributed by atoms with Crippen LogP contribution in [0.4, 0.5) is 10.1 Å². The van der Waals surface area contributed by atoms with Crippen molar-refractivity contribution in [1.29, 1.82) is 0 Å². The number of hydrogen-bond acceptors (Lipinski definition) is 4. The predicted octanol–water partition coefficient (Wildman–Crippen LogP) is 5.80. The number of rotatable bonds is 5. The van der Waals surface area contributed by atoms with Crippen LogP contribution in [-0.2, 0) is 11.3 Å². The molecule has 2 heterocycles. The number of carbonyl (C=O) groups excluding carboxylic acids is 2. The van der Waals surface area contributed by atoms with Gasteiger partial charge in [-0.3, -0.25) is 19.0 Å². The van der Waals surface area contributed by atoms with Gasteiger partial charge in [0.15, 0.2) is 5.78 Å². The Morgan fingerprint density at radius 3 is 2.52 bits per heavy atom. The van der Waals surface area contributed by atoms with Crippen LogP contribution in [0.3, 0.4) is 0 Å². The van der Waals surface area contributed by atoms with Gasteiger partial charge in [-0.05, 0) is 65.2 Å². The first kappa shape index (κ1) is 28.2. The molecule has 0 radical (unpaired) electrons.